The Bertz CT molecular complexity index is 1530. The molecule has 12 heteroatoms. The van der Waals surface area contributed by atoms with E-state index < -0.39 is 0 Å². The number of nitrogens with one attached hydrogen (secondary N) is 2. The predicted molar refractivity (Wildman–Crippen MR) is 187 cm³/mol. The van der Waals surface area contributed by atoms with Gasteiger partial charge in [-0.25, -0.2) is 19.9 Å². The zero-order valence-electron chi connectivity index (χ0n) is 27.6. The van der Waals surface area contributed by atoms with Crippen LogP contribution in [-0.4, -0.2) is 57.6 Å². The normalized spacial score (nSPS) is 24.2. The summed E-state index contributed by atoms with van der Waals surface area (Å²) >= 11 is 12.8. The van der Waals surface area contributed by atoms with E-state index in [4.69, 9.17) is 38.9 Å². The minimum Gasteiger partial charge on any atom is -0.393 e. The first-order valence-electron chi connectivity index (χ1n) is 17.9. The highest BCUT2D eigenvalue weighted by Crippen LogP contribution is 2.37. The Morgan fingerprint density at radius 2 is 0.979 bits per heavy atom. The fourth-order valence-electron chi connectivity index (χ4n) is 7.22. The summed E-state index contributed by atoms with van der Waals surface area (Å²) < 4.78 is 0. The van der Waals surface area contributed by atoms with Crippen LogP contribution in [0.5, 0.6) is 0 Å². The molecule has 5 N–H and O–H groups in total. The van der Waals surface area contributed by atoms with E-state index in [1.54, 1.807) is 12.4 Å². The quantitative estimate of drug-likeness (QED) is 0.137. The van der Waals surface area contributed by atoms with Gasteiger partial charge in [-0.2, -0.15) is 10.2 Å². The SMILES string of the molecule is NC1CCC(Cc2ncc(Cl)c(-c3[nH]ncc3CC3CC3)n2)CC1.OC1CCC(Cc2ncc(Cl)c(-c3[nH]ncc3CC3CC3)n2)CC1. The molecule has 10 nitrogen and oxygen atoms in total. The Kier molecular flexibility index (Phi) is 10.7. The molecule has 4 aliphatic rings. The maximum atomic E-state index is 9.65. The molecule has 0 bridgehead atoms. The van der Waals surface area contributed by atoms with Crippen LogP contribution < -0.4 is 5.73 Å². The summed E-state index contributed by atoms with van der Waals surface area (Å²) in [5.74, 6) is 4.48. The van der Waals surface area contributed by atoms with E-state index in [2.05, 4.69) is 30.4 Å². The van der Waals surface area contributed by atoms with Gasteiger partial charge in [0.1, 0.15) is 23.0 Å². The summed E-state index contributed by atoms with van der Waals surface area (Å²) in [4.78, 5) is 18.4. The van der Waals surface area contributed by atoms with E-state index >= 15 is 0 Å². The fourth-order valence-corrected chi connectivity index (χ4v) is 7.59. The number of aliphatic hydroxyl groups excluding tert-OH is 1. The third-order valence-electron chi connectivity index (χ3n) is 10.6. The van der Waals surface area contributed by atoms with Crippen LogP contribution in [0.25, 0.3) is 22.8 Å². The van der Waals surface area contributed by atoms with Crippen LogP contribution in [-0.2, 0) is 25.7 Å². The number of hydrogen-bond acceptors (Lipinski definition) is 8. The molecule has 4 heterocycles. The number of aliphatic hydroxyl groups is 1. The Balaban J connectivity index is 0.000000152. The smallest absolute Gasteiger partial charge is 0.129 e. The number of aromatic amines is 2. The van der Waals surface area contributed by atoms with Crippen LogP contribution in [0.15, 0.2) is 24.8 Å². The van der Waals surface area contributed by atoms with Gasteiger partial charge in [-0.1, -0.05) is 23.2 Å². The first-order chi connectivity index (χ1) is 23.4. The van der Waals surface area contributed by atoms with E-state index in [0.717, 1.165) is 110 Å². The summed E-state index contributed by atoms with van der Waals surface area (Å²) in [5.41, 5.74) is 11.9. The summed E-state index contributed by atoms with van der Waals surface area (Å²) in [5, 5.41) is 25.4. The molecular formula is C36H47Cl2N9O. The molecule has 0 aliphatic heterocycles. The van der Waals surface area contributed by atoms with Gasteiger partial charge in [0.15, 0.2) is 0 Å². The van der Waals surface area contributed by atoms with Crippen molar-refractivity contribution in [1.29, 1.82) is 0 Å². The van der Waals surface area contributed by atoms with E-state index in [1.165, 1.54) is 49.7 Å². The van der Waals surface area contributed by atoms with Crippen molar-refractivity contribution in [2.24, 2.45) is 29.4 Å². The molecule has 0 radical (unpaired) electrons. The van der Waals surface area contributed by atoms with Gasteiger partial charge in [0.05, 0.1) is 39.9 Å². The van der Waals surface area contributed by atoms with Crippen molar-refractivity contribution in [1.82, 2.24) is 40.3 Å². The van der Waals surface area contributed by atoms with Crippen molar-refractivity contribution in [2.45, 2.75) is 115 Å². The standard InChI is InChI=1S/C18H24ClN5.C18H23ClN4O/c19-15-10-21-16(8-12-3-5-14(20)6-4-12)23-18(15)17-13(9-22-24-17)7-11-1-2-11;19-15-10-20-16(8-12-3-5-14(24)6-4-12)22-18(15)17-13(9-21-23-17)7-11-1-2-11/h9-12,14H,1-8,20H2,(H,22,24);9-12,14,24H,1-8H2,(H,21,23). The molecule has 0 saturated heterocycles. The monoisotopic (exact) mass is 691 g/mol. The van der Waals surface area contributed by atoms with Crippen LogP contribution in [0, 0.1) is 23.7 Å². The molecule has 4 aromatic rings. The molecule has 0 unspecified atom stereocenters. The topological polar surface area (TPSA) is 155 Å². The molecule has 4 saturated carbocycles. The third-order valence-corrected chi connectivity index (χ3v) is 11.1. The molecule has 0 spiro atoms. The second kappa shape index (κ2) is 15.3. The number of aromatic nitrogens is 8. The molecule has 4 aliphatic carbocycles. The van der Waals surface area contributed by atoms with Crippen LogP contribution in [0.3, 0.4) is 0 Å². The average molecular weight is 693 g/mol. The van der Waals surface area contributed by atoms with Crippen LogP contribution in [0.1, 0.15) is 99.8 Å². The van der Waals surface area contributed by atoms with E-state index in [-0.39, 0.29) is 6.10 Å². The van der Waals surface area contributed by atoms with Gasteiger partial charge < -0.3 is 10.8 Å². The Labute approximate surface area is 292 Å². The van der Waals surface area contributed by atoms with Gasteiger partial charge in [-0.3, -0.25) is 10.2 Å². The third kappa shape index (κ3) is 8.80. The lowest BCUT2D eigenvalue weighted by Gasteiger charge is -2.25. The van der Waals surface area contributed by atoms with Crippen LogP contribution >= 0.6 is 23.2 Å². The Morgan fingerprint density at radius 3 is 1.42 bits per heavy atom. The number of nitrogens with zero attached hydrogens (tertiary/aromatic N) is 6. The number of H-pyrrole nitrogens is 2. The number of nitrogens with two attached hydrogens (primary N) is 1. The molecule has 4 aromatic heterocycles. The molecule has 8 rings (SSSR count). The largest absolute Gasteiger partial charge is 0.393 e. The van der Waals surface area contributed by atoms with Crippen molar-refractivity contribution in [3.05, 3.63) is 57.6 Å². The fraction of sp³-hybridized carbons (Fsp3) is 0.611. The summed E-state index contributed by atoms with van der Waals surface area (Å²) in [6.45, 7) is 0. The molecule has 0 aromatic carbocycles. The maximum absolute atomic E-state index is 9.65. The second-order valence-electron chi connectivity index (χ2n) is 14.7. The van der Waals surface area contributed by atoms with Crippen molar-refractivity contribution in [2.75, 3.05) is 0 Å². The lowest BCUT2D eigenvalue weighted by atomic mass is 9.84. The highest BCUT2D eigenvalue weighted by atomic mass is 35.5. The van der Waals surface area contributed by atoms with Crippen molar-refractivity contribution in [3.8, 4) is 22.8 Å². The zero-order valence-corrected chi connectivity index (χ0v) is 29.1. The summed E-state index contributed by atoms with van der Waals surface area (Å²) in [6.07, 6.45) is 24.6. The molecule has 4 fully saturated rings. The molecular weight excluding hydrogens is 645 g/mol. The zero-order chi connectivity index (χ0) is 33.0. The van der Waals surface area contributed by atoms with Gasteiger partial charge in [-0.05, 0) is 125 Å². The molecule has 0 amide bonds. The minimum absolute atomic E-state index is 0.127. The second-order valence-corrected chi connectivity index (χ2v) is 15.5. The molecule has 48 heavy (non-hydrogen) atoms. The van der Waals surface area contributed by atoms with Gasteiger partial charge in [-0.15, -0.1) is 0 Å². The predicted octanol–water partition coefficient (Wildman–Crippen LogP) is 7.10. The lowest BCUT2D eigenvalue weighted by Crippen LogP contribution is -2.27. The highest BCUT2D eigenvalue weighted by Gasteiger charge is 2.27. The number of halogens is 2. The van der Waals surface area contributed by atoms with E-state index in [1.807, 2.05) is 12.4 Å². The van der Waals surface area contributed by atoms with Gasteiger partial charge in [0, 0.05) is 31.3 Å². The minimum atomic E-state index is -0.127. The average Bonchev–Trinajstić information content (AvgIpc) is 3.99. The Hall–Kier alpha value is -2.92. The van der Waals surface area contributed by atoms with Crippen LogP contribution in [0.2, 0.25) is 10.0 Å². The van der Waals surface area contributed by atoms with E-state index in [9.17, 15) is 5.11 Å². The molecule has 0 atom stereocenters. The van der Waals surface area contributed by atoms with Gasteiger partial charge >= 0.3 is 0 Å². The van der Waals surface area contributed by atoms with Gasteiger partial charge in [0.2, 0.25) is 0 Å². The first-order valence-corrected chi connectivity index (χ1v) is 18.6. The summed E-state index contributed by atoms with van der Waals surface area (Å²) in [6, 6.07) is 0.373. The maximum Gasteiger partial charge on any atom is 0.129 e. The van der Waals surface area contributed by atoms with Crippen molar-refractivity contribution >= 4 is 23.2 Å². The number of rotatable bonds is 10. The lowest BCUT2D eigenvalue weighted by molar-refractivity contribution is 0.108. The Morgan fingerprint density at radius 1 is 0.583 bits per heavy atom. The van der Waals surface area contributed by atoms with E-state index in [0.29, 0.717) is 27.9 Å². The number of hydrogen-bond donors (Lipinski definition) is 4. The summed E-state index contributed by atoms with van der Waals surface area (Å²) in [7, 11) is 0. The van der Waals surface area contributed by atoms with Gasteiger partial charge in [0.25, 0.3) is 0 Å². The van der Waals surface area contributed by atoms with Crippen molar-refractivity contribution in [3.63, 3.8) is 0 Å². The first kappa shape index (κ1) is 33.6. The van der Waals surface area contributed by atoms with Crippen LogP contribution in [0.4, 0.5) is 0 Å². The highest BCUT2D eigenvalue weighted by molar-refractivity contribution is 6.33. The molecule has 256 valence electrons. The van der Waals surface area contributed by atoms with Crippen molar-refractivity contribution < 1.29 is 5.11 Å².